The second-order valence-electron chi connectivity index (χ2n) is 4.71. The Morgan fingerprint density at radius 3 is 2.86 bits per heavy atom. The number of hydrogen-bond acceptors (Lipinski definition) is 4. The molecule has 1 amide bonds. The number of aromatic nitrogens is 1. The molecule has 0 unspecified atom stereocenters. The molecule has 4 nitrogen and oxygen atoms in total. The number of rotatable bonds is 3. The van der Waals surface area contributed by atoms with Gasteiger partial charge in [0.05, 0.1) is 17.1 Å². The van der Waals surface area contributed by atoms with Gasteiger partial charge in [-0.05, 0) is 18.4 Å². The first kappa shape index (κ1) is 13.6. The molecule has 0 saturated carbocycles. The van der Waals surface area contributed by atoms with Crippen molar-refractivity contribution in [1.29, 1.82) is 0 Å². The summed E-state index contributed by atoms with van der Waals surface area (Å²) in [6.07, 6.45) is 1.75. The molecule has 3 rings (SSSR count). The van der Waals surface area contributed by atoms with Crippen LogP contribution in [-0.4, -0.2) is 16.0 Å². The molecule has 0 radical (unpaired) electrons. The number of fused-ring (bicyclic) bond motifs is 1. The van der Waals surface area contributed by atoms with E-state index in [-0.39, 0.29) is 17.2 Å². The number of nitrogens with zero attached hydrogens (tertiary/aromatic N) is 1. The Hall–Kier alpha value is -2.40. The van der Waals surface area contributed by atoms with Crippen molar-refractivity contribution in [1.82, 2.24) is 10.3 Å². The number of carbonyl (C=O) groups excluding carboxylic acids is 1. The van der Waals surface area contributed by atoms with E-state index in [9.17, 15) is 9.90 Å². The molecule has 0 aliphatic heterocycles. The third-order valence-corrected chi connectivity index (χ3v) is 4.15. The minimum atomic E-state index is -0.288. The van der Waals surface area contributed by atoms with Crippen LogP contribution in [0.4, 0.5) is 0 Å². The highest BCUT2D eigenvalue weighted by Crippen LogP contribution is 2.28. The number of benzene rings is 2. The highest BCUT2D eigenvalue weighted by molar-refractivity contribution is 7.11. The Morgan fingerprint density at radius 2 is 2.10 bits per heavy atom. The number of nitrogens with one attached hydrogen (secondary N) is 1. The smallest absolute Gasteiger partial charge is 0.255 e. The number of phenolic OH excluding ortho intramolecular Hbond substituents is 1. The Balaban J connectivity index is 1.82. The van der Waals surface area contributed by atoms with Crippen LogP contribution >= 0.6 is 11.3 Å². The summed E-state index contributed by atoms with van der Waals surface area (Å²) in [7, 11) is 0. The number of aryl methyl sites for hydroxylation is 1. The van der Waals surface area contributed by atoms with Crippen molar-refractivity contribution in [2.24, 2.45) is 0 Å². The third-order valence-electron chi connectivity index (χ3n) is 3.24. The van der Waals surface area contributed by atoms with Crippen molar-refractivity contribution in [2.45, 2.75) is 13.5 Å². The van der Waals surface area contributed by atoms with Gasteiger partial charge in [-0.1, -0.05) is 30.3 Å². The van der Waals surface area contributed by atoms with Crippen LogP contribution in [0.25, 0.3) is 10.8 Å². The van der Waals surface area contributed by atoms with Crippen molar-refractivity contribution in [2.75, 3.05) is 0 Å². The maximum absolute atomic E-state index is 12.2. The summed E-state index contributed by atoms with van der Waals surface area (Å²) < 4.78 is 0. The van der Waals surface area contributed by atoms with Gasteiger partial charge in [-0.15, -0.1) is 11.3 Å². The molecule has 2 aromatic carbocycles. The molecule has 0 spiro atoms. The number of thiazole rings is 1. The van der Waals surface area contributed by atoms with E-state index in [0.29, 0.717) is 11.9 Å². The van der Waals surface area contributed by atoms with Crippen LogP contribution in [0.5, 0.6) is 5.75 Å². The number of phenols is 1. The maximum Gasteiger partial charge on any atom is 0.255 e. The lowest BCUT2D eigenvalue weighted by Gasteiger charge is -2.08. The van der Waals surface area contributed by atoms with Gasteiger partial charge in [-0.3, -0.25) is 4.79 Å². The summed E-state index contributed by atoms with van der Waals surface area (Å²) in [6, 6.07) is 10.9. The molecular weight excluding hydrogens is 284 g/mol. The first-order chi connectivity index (χ1) is 10.1. The molecule has 21 heavy (non-hydrogen) atoms. The molecule has 0 atom stereocenters. The largest absolute Gasteiger partial charge is 0.506 e. The third kappa shape index (κ3) is 2.73. The average Bonchev–Trinajstić information content (AvgIpc) is 2.91. The Bertz CT molecular complexity index is 811. The average molecular weight is 298 g/mol. The zero-order valence-corrected chi connectivity index (χ0v) is 12.3. The van der Waals surface area contributed by atoms with Crippen LogP contribution in [0, 0.1) is 6.92 Å². The summed E-state index contributed by atoms with van der Waals surface area (Å²) in [4.78, 5) is 17.3. The van der Waals surface area contributed by atoms with Gasteiger partial charge < -0.3 is 10.4 Å². The van der Waals surface area contributed by atoms with Gasteiger partial charge in [0.2, 0.25) is 0 Å². The number of hydrogen-bond donors (Lipinski definition) is 2. The van der Waals surface area contributed by atoms with Crippen LogP contribution in [0.15, 0.2) is 42.6 Å². The van der Waals surface area contributed by atoms with Crippen molar-refractivity contribution >= 4 is 28.0 Å². The second-order valence-corrected chi connectivity index (χ2v) is 6.03. The lowest BCUT2D eigenvalue weighted by Crippen LogP contribution is -2.22. The van der Waals surface area contributed by atoms with Crippen LogP contribution in [-0.2, 0) is 6.54 Å². The molecule has 1 aromatic heterocycles. The van der Waals surface area contributed by atoms with Crippen LogP contribution in [0.3, 0.4) is 0 Å². The fraction of sp³-hybridized carbons (Fsp3) is 0.125. The minimum absolute atomic E-state index is 0.0195. The molecule has 2 N–H and O–H groups in total. The first-order valence-electron chi connectivity index (χ1n) is 6.55. The predicted molar refractivity (Wildman–Crippen MR) is 83.6 cm³/mol. The molecule has 0 aliphatic rings. The summed E-state index contributed by atoms with van der Waals surface area (Å²) >= 11 is 1.54. The van der Waals surface area contributed by atoms with E-state index in [1.807, 2.05) is 31.2 Å². The van der Waals surface area contributed by atoms with Crippen molar-refractivity contribution in [3.63, 3.8) is 0 Å². The maximum atomic E-state index is 12.2. The SMILES string of the molecule is Cc1ncc(CNC(=O)c2ccc3ccccc3c2O)s1. The zero-order valence-electron chi connectivity index (χ0n) is 11.5. The minimum Gasteiger partial charge on any atom is -0.506 e. The number of aromatic hydroxyl groups is 1. The van der Waals surface area contributed by atoms with Gasteiger partial charge in [0.15, 0.2) is 0 Å². The molecular formula is C16H14N2O2S. The van der Waals surface area contributed by atoms with Gasteiger partial charge in [0, 0.05) is 16.5 Å². The highest BCUT2D eigenvalue weighted by atomic mass is 32.1. The monoisotopic (exact) mass is 298 g/mol. The normalized spacial score (nSPS) is 10.7. The Labute approximate surface area is 126 Å². The second kappa shape index (κ2) is 5.54. The fourth-order valence-corrected chi connectivity index (χ4v) is 2.92. The molecule has 0 bridgehead atoms. The molecule has 3 aromatic rings. The number of amides is 1. The summed E-state index contributed by atoms with van der Waals surface area (Å²) in [6.45, 7) is 2.34. The van der Waals surface area contributed by atoms with Crippen LogP contribution < -0.4 is 5.32 Å². The Morgan fingerprint density at radius 1 is 1.29 bits per heavy atom. The van der Waals surface area contributed by atoms with Crippen LogP contribution in [0.2, 0.25) is 0 Å². The number of carbonyl (C=O) groups is 1. The van der Waals surface area contributed by atoms with E-state index in [1.54, 1.807) is 29.7 Å². The Kier molecular flexibility index (Phi) is 3.58. The van der Waals surface area contributed by atoms with Crippen molar-refractivity contribution in [3.05, 3.63) is 58.0 Å². The summed E-state index contributed by atoms with van der Waals surface area (Å²) in [5.74, 6) is -0.268. The topological polar surface area (TPSA) is 62.2 Å². The van der Waals surface area contributed by atoms with Gasteiger partial charge in [0.1, 0.15) is 5.75 Å². The lowest BCUT2D eigenvalue weighted by molar-refractivity contribution is 0.0949. The van der Waals surface area contributed by atoms with E-state index in [2.05, 4.69) is 10.3 Å². The van der Waals surface area contributed by atoms with Gasteiger partial charge >= 0.3 is 0 Å². The van der Waals surface area contributed by atoms with Gasteiger partial charge in [-0.25, -0.2) is 4.98 Å². The lowest BCUT2D eigenvalue weighted by atomic mass is 10.0. The van der Waals surface area contributed by atoms with Crippen molar-refractivity contribution in [3.8, 4) is 5.75 Å². The van der Waals surface area contributed by atoms with Gasteiger partial charge in [0.25, 0.3) is 5.91 Å². The molecule has 0 saturated heterocycles. The molecule has 0 aliphatic carbocycles. The zero-order chi connectivity index (χ0) is 14.8. The van der Waals surface area contributed by atoms with Crippen LogP contribution in [0.1, 0.15) is 20.2 Å². The molecule has 106 valence electrons. The van der Waals surface area contributed by atoms with E-state index >= 15 is 0 Å². The quantitative estimate of drug-likeness (QED) is 0.780. The standard InChI is InChI=1S/C16H14N2O2S/c1-10-17-8-12(21-10)9-18-16(20)14-7-6-11-4-2-3-5-13(11)15(14)19/h2-8,19H,9H2,1H3,(H,18,20). The van der Waals surface area contributed by atoms with Crippen molar-refractivity contribution < 1.29 is 9.90 Å². The van der Waals surface area contributed by atoms with E-state index in [4.69, 9.17) is 0 Å². The van der Waals surface area contributed by atoms with E-state index in [0.717, 1.165) is 15.3 Å². The van der Waals surface area contributed by atoms with E-state index < -0.39 is 0 Å². The molecule has 0 fully saturated rings. The van der Waals surface area contributed by atoms with E-state index in [1.165, 1.54) is 0 Å². The molecule has 1 heterocycles. The summed E-state index contributed by atoms with van der Waals surface area (Å²) in [5, 5.41) is 15.6. The summed E-state index contributed by atoms with van der Waals surface area (Å²) in [5.41, 5.74) is 0.287. The highest BCUT2D eigenvalue weighted by Gasteiger charge is 2.13. The fourth-order valence-electron chi connectivity index (χ4n) is 2.19. The molecule has 5 heteroatoms. The predicted octanol–water partition coefficient (Wildman–Crippen LogP) is 3.24. The first-order valence-corrected chi connectivity index (χ1v) is 7.37. The van der Waals surface area contributed by atoms with Gasteiger partial charge in [-0.2, -0.15) is 0 Å².